The number of ether oxygens (including phenoxy) is 1. The van der Waals surface area contributed by atoms with Crippen LogP contribution in [0.15, 0.2) is 30.3 Å². The number of nitrogens with one attached hydrogen (secondary N) is 1. The zero-order valence-corrected chi connectivity index (χ0v) is 10.8. The monoisotopic (exact) mass is 248 g/mol. The lowest BCUT2D eigenvalue weighted by Gasteiger charge is -2.04. The number of benzene rings is 1. The van der Waals surface area contributed by atoms with E-state index in [0.717, 1.165) is 10.8 Å². The van der Waals surface area contributed by atoms with Crippen LogP contribution in [0.5, 0.6) is 5.75 Å². The van der Waals surface area contributed by atoms with E-state index in [1.165, 1.54) is 16.0 Å². The van der Waals surface area contributed by atoms with E-state index in [1.807, 2.05) is 19.1 Å². The van der Waals surface area contributed by atoms with E-state index in [0.29, 0.717) is 6.61 Å². The average molecular weight is 248 g/mol. The summed E-state index contributed by atoms with van der Waals surface area (Å²) < 4.78 is 5.42. The van der Waals surface area contributed by atoms with Crippen LogP contribution < -0.4 is 16.0 Å². The lowest BCUT2D eigenvalue weighted by molar-refractivity contribution is 0.340. The van der Waals surface area contributed by atoms with Crippen LogP contribution in [0.2, 0.25) is 0 Å². The third-order valence-electron chi connectivity index (χ3n) is 2.54. The molecule has 3 N–H and O–H groups in total. The summed E-state index contributed by atoms with van der Waals surface area (Å²) in [6, 6.07) is 10.2. The van der Waals surface area contributed by atoms with Crippen molar-refractivity contribution in [1.82, 2.24) is 0 Å². The molecule has 17 heavy (non-hydrogen) atoms. The van der Waals surface area contributed by atoms with Crippen molar-refractivity contribution in [1.29, 1.82) is 0 Å². The second-order valence-corrected chi connectivity index (χ2v) is 4.94. The summed E-state index contributed by atoms with van der Waals surface area (Å²) in [4.78, 5) is 1.25. The number of hydrogen-bond donors (Lipinski definition) is 2. The fourth-order valence-corrected chi connectivity index (χ4v) is 2.59. The molecule has 0 aliphatic carbocycles. The van der Waals surface area contributed by atoms with E-state index < -0.39 is 0 Å². The first-order chi connectivity index (χ1) is 8.24. The highest BCUT2D eigenvalue weighted by Gasteiger charge is 2.07. The molecular formula is C13H16N2OS. The van der Waals surface area contributed by atoms with E-state index in [-0.39, 0.29) is 0 Å². The summed E-state index contributed by atoms with van der Waals surface area (Å²) in [5, 5.41) is 0.978. The Kier molecular flexibility index (Phi) is 3.66. The normalized spacial score (nSPS) is 10.3. The highest BCUT2D eigenvalue weighted by atomic mass is 32.1. The van der Waals surface area contributed by atoms with Crippen molar-refractivity contribution in [2.24, 2.45) is 5.84 Å². The van der Waals surface area contributed by atoms with Gasteiger partial charge in [0.25, 0.3) is 0 Å². The molecule has 2 aromatic rings. The minimum Gasteiger partial charge on any atom is -0.494 e. The summed E-state index contributed by atoms with van der Waals surface area (Å²) in [6.07, 6.45) is 0. The van der Waals surface area contributed by atoms with Gasteiger partial charge in [-0.05, 0) is 43.2 Å². The summed E-state index contributed by atoms with van der Waals surface area (Å²) in [5.74, 6) is 6.32. The molecule has 0 aliphatic rings. The molecule has 4 heteroatoms. The fourth-order valence-electron chi connectivity index (χ4n) is 1.74. The number of hydrogen-bond acceptors (Lipinski definition) is 4. The summed E-state index contributed by atoms with van der Waals surface area (Å²) >= 11 is 1.66. The molecule has 0 amide bonds. The van der Waals surface area contributed by atoms with Gasteiger partial charge in [-0.3, -0.25) is 0 Å². The van der Waals surface area contributed by atoms with Crippen LogP contribution in [0.3, 0.4) is 0 Å². The third kappa shape index (κ3) is 2.60. The predicted molar refractivity (Wildman–Crippen MR) is 73.5 cm³/mol. The molecule has 0 saturated heterocycles. The molecule has 0 spiro atoms. The second-order valence-electron chi connectivity index (χ2n) is 3.68. The smallest absolute Gasteiger partial charge is 0.119 e. The Morgan fingerprint density at radius 1 is 1.29 bits per heavy atom. The minimum atomic E-state index is 0.693. The Labute approximate surface area is 105 Å². The van der Waals surface area contributed by atoms with E-state index in [9.17, 15) is 0 Å². The second kappa shape index (κ2) is 5.21. The summed E-state index contributed by atoms with van der Waals surface area (Å²) in [5.41, 5.74) is 5.08. The van der Waals surface area contributed by atoms with Crippen LogP contribution >= 0.6 is 11.3 Å². The van der Waals surface area contributed by atoms with Crippen molar-refractivity contribution >= 4 is 16.3 Å². The van der Waals surface area contributed by atoms with Crippen LogP contribution in [0, 0.1) is 6.92 Å². The van der Waals surface area contributed by atoms with Crippen molar-refractivity contribution in [3.05, 3.63) is 35.2 Å². The number of hydrazine groups is 1. The van der Waals surface area contributed by atoms with Gasteiger partial charge in [0.1, 0.15) is 10.8 Å². The van der Waals surface area contributed by atoms with Crippen molar-refractivity contribution < 1.29 is 4.74 Å². The Hall–Kier alpha value is -1.52. The maximum absolute atomic E-state index is 5.42. The molecule has 1 aromatic heterocycles. The molecule has 0 aliphatic heterocycles. The van der Waals surface area contributed by atoms with Crippen LogP contribution in [0.1, 0.15) is 11.8 Å². The van der Waals surface area contributed by atoms with Crippen molar-refractivity contribution in [2.75, 3.05) is 12.0 Å². The molecule has 1 aromatic carbocycles. The van der Waals surface area contributed by atoms with Crippen molar-refractivity contribution in [2.45, 2.75) is 13.8 Å². The third-order valence-corrected chi connectivity index (χ3v) is 3.52. The Balaban J connectivity index is 2.29. The Bertz CT molecular complexity index is 491. The van der Waals surface area contributed by atoms with E-state index >= 15 is 0 Å². The molecule has 0 fully saturated rings. The van der Waals surface area contributed by atoms with Crippen LogP contribution in [0.25, 0.3) is 11.1 Å². The van der Waals surface area contributed by atoms with Gasteiger partial charge in [-0.15, -0.1) is 11.3 Å². The van der Waals surface area contributed by atoms with Gasteiger partial charge in [-0.25, -0.2) is 5.84 Å². The first-order valence-corrected chi connectivity index (χ1v) is 6.36. The topological polar surface area (TPSA) is 47.3 Å². The molecule has 0 unspecified atom stereocenters. The van der Waals surface area contributed by atoms with Crippen molar-refractivity contribution in [3.8, 4) is 16.9 Å². The quantitative estimate of drug-likeness (QED) is 0.644. The maximum atomic E-state index is 5.42. The molecule has 0 atom stereocenters. The van der Waals surface area contributed by atoms with Gasteiger partial charge in [0.2, 0.25) is 0 Å². The largest absolute Gasteiger partial charge is 0.494 e. The van der Waals surface area contributed by atoms with Crippen LogP contribution in [-0.2, 0) is 0 Å². The number of nitrogens with two attached hydrogens (primary N) is 1. The van der Waals surface area contributed by atoms with E-state index in [2.05, 4.69) is 30.5 Å². The summed E-state index contributed by atoms with van der Waals surface area (Å²) in [7, 11) is 0. The van der Waals surface area contributed by atoms with E-state index in [4.69, 9.17) is 10.6 Å². The number of aryl methyl sites for hydroxylation is 1. The van der Waals surface area contributed by atoms with Crippen molar-refractivity contribution in [3.63, 3.8) is 0 Å². The van der Waals surface area contributed by atoms with Crippen LogP contribution in [-0.4, -0.2) is 6.61 Å². The zero-order chi connectivity index (χ0) is 12.3. The maximum Gasteiger partial charge on any atom is 0.119 e. The average Bonchev–Trinajstić information content (AvgIpc) is 2.72. The fraction of sp³-hybridized carbons (Fsp3) is 0.231. The lowest BCUT2D eigenvalue weighted by Crippen LogP contribution is -2.04. The van der Waals surface area contributed by atoms with Gasteiger partial charge >= 0.3 is 0 Å². The van der Waals surface area contributed by atoms with Crippen LogP contribution in [0.4, 0.5) is 5.00 Å². The Morgan fingerprint density at radius 3 is 2.53 bits per heavy atom. The highest BCUT2D eigenvalue weighted by Crippen LogP contribution is 2.34. The zero-order valence-electron chi connectivity index (χ0n) is 9.99. The molecule has 1 heterocycles. The Morgan fingerprint density at radius 2 is 2.00 bits per heavy atom. The highest BCUT2D eigenvalue weighted by molar-refractivity contribution is 7.16. The molecule has 90 valence electrons. The predicted octanol–water partition coefficient (Wildman–Crippen LogP) is 3.41. The molecule has 0 saturated carbocycles. The van der Waals surface area contributed by atoms with Gasteiger partial charge in [-0.1, -0.05) is 12.1 Å². The van der Waals surface area contributed by atoms with E-state index in [1.54, 1.807) is 11.3 Å². The minimum absolute atomic E-state index is 0.693. The molecule has 0 bridgehead atoms. The van der Waals surface area contributed by atoms with Gasteiger partial charge < -0.3 is 10.2 Å². The molecule has 0 radical (unpaired) electrons. The number of rotatable bonds is 4. The standard InChI is InChI=1S/C13H16N2OS/c1-3-16-11-6-4-10(5-7-11)12-8-13(15-14)17-9(12)2/h4-8,15H,3,14H2,1-2H3. The van der Waals surface area contributed by atoms with Gasteiger partial charge in [0, 0.05) is 4.88 Å². The molecule has 2 rings (SSSR count). The lowest BCUT2D eigenvalue weighted by atomic mass is 10.1. The molecular weight excluding hydrogens is 232 g/mol. The SMILES string of the molecule is CCOc1ccc(-c2cc(NN)sc2C)cc1. The summed E-state index contributed by atoms with van der Waals surface area (Å²) in [6.45, 7) is 4.77. The van der Waals surface area contributed by atoms with Gasteiger partial charge in [-0.2, -0.15) is 0 Å². The number of thiophene rings is 1. The van der Waals surface area contributed by atoms with Gasteiger partial charge in [0.15, 0.2) is 0 Å². The number of nitrogen functional groups attached to an aromatic ring is 1. The number of anilines is 1. The van der Waals surface area contributed by atoms with Gasteiger partial charge in [0.05, 0.1) is 6.61 Å². The molecule has 3 nitrogen and oxygen atoms in total. The first kappa shape index (κ1) is 12.0. The first-order valence-electron chi connectivity index (χ1n) is 5.55.